The van der Waals surface area contributed by atoms with Crippen molar-refractivity contribution in [3.8, 4) is 11.3 Å². The van der Waals surface area contributed by atoms with Gasteiger partial charge in [0.2, 0.25) is 0 Å². The van der Waals surface area contributed by atoms with Gasteiger partial charge in [-0.3, -0.25) is 0 Å². The minimum atomic E-state index is -0.328. The van der Waals surface area contributed by atoms with Crippen LogP contribution in [0.2, 0.25) is 0 Å². The smallest absolute Gasteiger partial charge is 0.338 e. The van der Waals surface area contributed by atoms with E-state index >= 15 is 0 Å². The molecule has 1 heterocycles. The van der Waals surface area contributed by atoms with Crippen molar-refractivity contribution in [1.82, 2.24) is 9.55 Å². The molecule has 0 aliphatic heterocycles. The molecule has 144 valence electrons. The molecule has 0 radical (unpaired) electrons. The molecule has 0 amide bonds. The highest BCUT2D eigenvalue weighted by atomic mass is 16.5. The molecule has 0 unspecified atom stereocenters. The Balaban J connectivity index is 1.44. The van der Waals surface area contributed by atoms with Crippen LogP contribution in [0, 0.1) is 6.92 Å². The lowest BCUT2D eigenvalue weighted by Crippen LogP contribution is -2.05. The van der Waals surface area contributed by atoms with E-state index in [1.165, 1.54) is 5.56 Å². The number of imidazole rings is 1. The van der Waals surface area contributed by atoms with E-state index in [4.69, 9.17) is 4.74 Å². The SMILES string of the molecule is Cc1nc(-c2ccc(C(=O)OCc3ccccc3)cc2)cn1Cc1ccccc1. The molecule has 0 aliphatic rings. The van der Waals surface area contributed by atoms with Crippen molar-refractivity contribution in [3.63, 3.8) is 0 Å². The number of hydrogen-bond donors (Lipinski definition) is 0. The van der Waals surface area contributed by atoms with Crippen molar-refractivity contribution in [2.24, 2.45) is 0 Å². The predicted molar refractivity (Wildman–Crippen MR) is 114 cm³/mol. The van der Waals surface area contributed by atoms with Crippen molar-refractivity contribution in [2.45, 2.75) is 20.1 Å². The molecule has 1 aromatic heterocycles. The van der Waals surface area contributed by atoms with E-state index in [0.29, 0.717) is 5.56 Å². The maximum atomic E-state index is 12.3. The van der Waals surface area contributed by atoms with Gasteiger partial charge in [0.15, 0.2) is 0 Å². The van der Waals surface area contributed by atoms with Crippen LogP contribution in [-0.2, 0) is 17.9 Å². The molecule has 0 atom stereocenters. The Kier molecular flexibility index (Phi) is 5.52. The standard InChI is InChI=1S/C25H22N2O2/c1-19-26-24(17-27(19)16-20-8-4-2-5-9-20)22-12-14-23(15-13-22)25(28)29-18-21-10-6-3-7-11-21/h2-15,17H,16,18H2,1H3. The van der Waals surface area contributed by atoms with Gasteiger partial charge in [0, 0.05) is 18.3 Å². The van der Waals surface area contributed by atoms with Crippen LogP contribution in [0.5, 0.6) is 0 Å². The van der Waals surface area contributed by atoms with E-state index in [9.17, 15) is 4.79 Å². The second-order valence-corrected chi connectivity index (χ2v) is 6.93. The summed E-state index contributed by atoms with van der Waals surface area (Å²) >= 11 is 0. The molecular weight excluding hydrogens is 360 g/mol. The normalized spacial score (nSPS) is 10.7. The number of esters is 1. The third kappa shape index (κ3) is 4.61. The Bertz CT molecular complexity index is 1080. The zero-order chi connectivity index (χ0) is 20.1. The largest absolute Gasteiger partial charge is 0.457 e. The van der Waals surface area contributed by atoms with Gasteiger partial charge in [-0.1, -0.05) is 72.8 Å². The average molecular weight is 382 g/mol. The average Bonchev–Trinajstić information content (AvgIpc) is 3.14. The Morgan fingerprint density at radius 1 is 0.862 bits per heavy atom. The molecular formula is C25H22N2O2. The minimum absolute atomic E-state index is 0.268. The minimum Gasteiger partial charge on any atom is -0.457 e. The summed E-state index contributed by atoms with van der Waals surface area (Å²) in [7, 11) is 0. The van der Waals surface area contributed by atoms with Gasteiger partial charge in [-0.15, -0.1) is 0 Å². The van der Waals surface area contributed by atoms with Crippen LogP contribution >= 0.6 is 0 Å². The highest BCUT2D eigenvalue weighted by Gasteiger charge is 2.10. The molecule has 0 spiro atoms. The lowest BCUT2D eigenvalue weighted by Gasteiger charge is -2.05. The lowest BCUT2D eigenvalue weighted by atomic mass is 10.1. The quantitative estimate of drug-likeness (QED) is 0.427. The van der Waals surface area contributed by atoms with Crippen LogP contribution in [0.4, 0.5) is 0 Å². The number of ether oxygens (including phenoxy) is 1. The highest BCUT2D eigenvalue weighted by molar-refractivity contribution is 5.90. The number of rotatable bonds is 6. The van der Waals surface area contributed by atoms with Crippen LogP contribution < -0.4 is 0 Å². The maximum Gasteiger partial charge on any atom is 0.338 e. The van der Waals surface area contributed by atoms with Gasteiger partial charge in [-0.05, 0) is 30.2 Å². The number of hydrogen-bond acceptors (Lipinski definition) is 3. The molecule has 4 rings (SSSR count). The Morgan fingerprint density at radius 2 is 1.48 bits per heavy atom. The van der Waals surface area contributed by atoms with E-state index in [1.54, 1.807) is 12.1 Å². The number of carbonyl (C=O) groups excluding carboxylic acids is 1. The molecule has 0 saturated heterocycles. The lowest BCUT2D eigenvalue weighted by molar-refractivity contribution is 0.0472. The molecule has 0 saturated carbocycles. The molecule has 4 nitrogen and oxygen atoms in total. The number of benzene rings is 3. The van der Waals surface area contributed by atoms with E-state index in [0.717, 1.165) is 29.2 Å². The van der Waals surface area contributed by atoms with Gasteiger partial charge in [0.25, 0.3) is 0 Å². The highest BCUT2D eigenvalue weighted by Crippen LogP contribution is 2.20. The van der Waals surface area contributed by atoms with Gasteiger partial charge in [0.1, 0.15) is 12.4 Å². The fourth-order valence-corrected chi connectivity index (χ4v) is 3.17. The first-order valence-electron chi connectivity index (χ1n) is 9.58. The molecule has 0 aliphatic carbocycles. The molecule has 29 heavy (non-hydrogen) atoms. The summed E-state index contributed by atoms with van der Waals surface area (Å²) in [6.45, 7) is 3.05. The zero-order valence-electron chi connectivity index (χ0n) is 16.3. The van der Waals surface area contributed by atoms with Crippen LogP contribution in [0.25, 0.3) is 11.3 Å². The summed E-state index contributed by atoms with van der Waals surface area (Å²) in [5, 5.41) is 0. The summed E-state index contributed by atoms with van der Waals surface area (Å²) < 4.78 is 7.52. The predicted octanol–water partition coefficient (Wildman–Crippen LogP) is 5.26. The molecule has 3 aromatic carbocycles. The number of aromatic nitrogens is 2. The van der Waals surface area contributed by atoms with E-state index in [-0.39, 0.29) is 12.6 Å². The Labute approximate surface area is 170 Å². The van der Waals surface area contributed by atoms with E-state index in [1.807, 2.05) is 73.8 Å². The van der Waals surface area contributed by atoms with Crippen LogP contribution in [-0.4, -0.2) is 15.5 Å². The Hall–Kier alpha value is -3.66. The fraction of sp³-hybridized carbons (Fsp3) is 0.120. The second-order valence-electron chi connectivity index (χ2n) is 6.93. The van der Waals surface area contributed by atoms with Crippen LogP contribution in [0.15, 0.2) is 91.1 Å². The second kappa shape index (κ2) is 8.57. The molecule has 4 aromatic rings. The summed E-state index contributed by atoms with van der Waals surface area (Å²) in [5.41, 5.74) is 4.60. The van der Waals surface area contributed by atoms with Gasteiger partial charge < -0.3 is 9.30 Å². The number of carbonyl (C=O) groups is 1. The molecule has 0 fully saturated rings. The summed E-state index contributed by atoms with van der Waals surface area (Å²) in [6, 6.07) is 27.4. The molecule has 4 heteroatoms. The number of nitrogens with zero attached hydrogens (tertiary/aromatic N) is 2. The van der Waals surface area contributed by atoms with Crippen molar-refractivity contribution in [2.75, 3.05) is 0 Å². The fourth-order valence-electron chi connectivity index (χ4n) is 3.17. The number of aryl methyl sites for hydroxylation is 1. The van der Waals surface area contributed by atoms with E-state index < -0.39 is 0 Å². The van der Waals surface area contributed by atoms with E-state index in [2.05, 4.69) is 21.7 Å². The van der Waals surface area contributed by atoms with Crippen LogP contribution in [0.1, 0.15) is 27.3 Å². The van der Waals surface area contributed by atoms with Crippen molar-refractivity contribution in [3.05, 3.63) is 114 Å². The van der Waals surface area contributed by atoms with Crippen molar-refractivity contribution in [1.29, 1.82) is 0 Å². The summed E-state index contributed by atoms with van der Waals surface area (Å²) in [6.07, 6.45) is 2.05. The first kappa shape index (κ1) is 18.7. The molecule has 0 bridgehead atoms. The third-order valence-corrected chi connectivity index (χ3v) is 4.80. The summed E-state index contributed by atoms with van der Waals surface area (Å²) in [4.78, 5) is 17.0. The van der Waals surface area contributed by atoms with Gasteiger partial charge in [-0.25, -0.2) is 9.78 Å². The topological polar surface area (TPSA) is 44.1 Å². The monoisotopic (exact) mass is 382 g/mol. The maximum absolute atomic E-state index is 12.3. The summed E-state index contributed by atoms with van der Waals surface area (Å²) in [5.74, 6) is 0.626. The third-order valence-electron chi connectivity index (χ3n) is 4.80. The van der Waals surface area contributed by atoms with Gasteiger partial charge in [-0.2, -0.15) is 0 Å². The Morgan fingerprint density at radius 3 is 2.14 bits per heavy atom. The van der Waals surface area contributed by atoms with Crippen LogP contribution in [0.3, 0.4) is 0 Å². The first-order chi connectivity index (χ1) is 14.2. The van der Waals surface area contributed by atoms with Crippen molar-refractivity contribution >= 4 is 5.97 Å². The van der Waals surface area contributed by atoms with Crippen molar-refractivity contribution < 1.29 is 9.53 Å². The van der Waals surface area contributed by atoms with Gasteiger partial charge in [0.05, 0.1) is 11.3 Å². The zero-order valence-corrected chi connectivity index (χ0v) is 16.3. The molecule has 0 N–H and O–H groups in total. The first-order valence-corrected chi connectivity index (χ1v) is 9.58. The van der Waals surface area contributed by atoms with Gasteiger partial charge >= 0.3 is 5.97 Å².